The van der Waals surface area contributed by atoms with E-state index in [1.807, 2.05) is 24.4 Å². The lowest BCUT2D eigenvalue weighted by molar-refractivity contribution is 0.102. The van der Waals surface area contributed by atoms with E-state index in [0.29, 0.717) is 16.4 Å². The van der Waals surface area contributed by atoms with Crippen LogP contribution in [0, 0.1) is 6.92 Å². The van der Waals surface area contributed by atoms with Crippen molar-refractivity contribution in [2.45, 2.75) is 6.92 Å². The average Bonchev–Trinajstić information content (AvgIpc) is 3.29. The van der Waals surface area contributed by atoms with E-state index in [2.05, 4.69) is 30.4 Å². The number of carbonyl (C=O) groups is 1. The third-order valence-electron chi connectivity index (χ3n) is 3.68. The first-order chi connectivity index (χ1) is 13.1. The van der Waals surface area contributed by atoms with Gasteiger partial charge in [-0.2, -0.15) is 0 Å². The Labute approximate surface area is 162 Å². The van der Waals surface area contributed by atoms with Crippen molar-refractivity contribution in [3.8, 4) is 22.7 Å². The van der Waals surface area contributed by atoms with Crippen LogP contribution in [-0.2, 0) is 0 Å². The Morgan fingerprint density at radius 1 is 1.30 bits per heavy atom. The molecular weight excluding hydrogens is 388 g/mol. The number of aromatic nitrogens is 5. The van der Waals surface area contributed by atoms with Gasteiger partial charge in [0.15, 0.2) is 16.0 Å². The molecule has 0 aliphatic heterocycles. The molecule has 4 aromatic rings. The molecule has 4 rings (SSSR count). The van der Waals surface area contributed by atoms with Gasteiger partial charge >= 0.3 is 0 Å². The molecular formula is C17H11ClN6O2S. The van der Waals surface area contributed by atoms with E-state index in [-0.39, 0.29) is 16.5 Å². The number of thiazole rings is 1. The number of amides is 1. The third-order valence-corrected chi connectivity index (χ3v) is 4.69. The molecule has 0 aliphatic rings. The molecule has 1 N–H and O–H groups in total. The molecule has 4 aromatic heterocycles. The summed E-state index contributed by atoms with van der Waals surface area (Å²) in [5.74, 6) is -0.297. The van der Waals surface area contributed by atoms with E-state index in [4.69, 9.17) is 16.1 Å². The zero-order chi connectivity index (χ0) is 18.8. The first-order valence-electron chi connectivity index (χ1n) is 7.73. The van der Waals surface area contributed by atoms with E-state index < -0.39 is 5.91 Å². The van der Waals surface area contributed by atoms with Gasteiger partial charge in [0.1, 0.15) is 17.6 Å². The SMILES string of the molecule is Cc1cccnc1-c1csc(NC(=O)c2c(Cl)noc2-c2cncnc2)n1. The maximum Gasteiger partial charge on any atom is 0.264 e. The Bertz CT molecular complexity index is 1110. The molecule has 0 aliphatic carbocycles. The summed E-state index contributed by atoms with van der Waals surface area (Å²) >= 11 is 7.33. The normalized spacial score (nSPS) is 10.7. The van der Waals surface area contributed by atoms with Crippen LogP contribution in [0.15, 0.2) is 47.0 Å². The van der Waals surface area contributed by atoms with Gasteiger partial charge in [-0.3, -0.25) is 15.1 Å². The number of rotatable bonds is 4. The summed E-state index contributed by atoms with van der Waals surface area (Å²) in [5.41, 5.74) is 3.03. The number of carbonyl (C=O) groups excluding carboxylic acids is 1. The monoisotopic (exact) mass is 398 g/mol. The third kappa shape index (κ3) is 3.42. The number of hydrogen-bond acceptors (Lipinski definition) is 8. The molecule has 0 aromatic carbocycles. The summed E-state index contributed by atoms with van der Waals surface area (Å²) in [6, 6.07) is 3.81. The van der Waals surface area contributed by atoms with Crippen molar-refractivity contribution in [1.29, 1.82) is 0 Å². The van der Waals surface area contributed by atoms with Gasteiger partial charge in [0.2, 0.25) is 0 Å². The summed E-state index contributed by atoms with van der Waals surface area (Å²) in [7, 11) is 0. The van der Waals surface area contributed by atoms with Crippen molar-refractivity contribution in [3.63, 3.8) is 0 Å². The molecule has 0 fully saturated rings. The average molecular weight is 399 g/mol. The van der Waals surface area contributed by atoms with Crippen molar-refractivity contribution in [2.75, 3.05) is 5.32 Å². The quantitative estimate of drug-likeness (QED) is 0.556. The topological polar surface area (TPSA) is 107 Å². The number of pyridine rings is 1. The van der Waals surface area contributed by atoms with E-state index in [1.165, 1.54) is 30.1 Å². The summed E-state index contributed by atoms with van der Waals surface area (Å²) in [5, 5.41) is 8.57. The molecule has 10 heteroatoms. The molecule has 4 heterocycles. The van der Waals surface area contributed by atoms with Crippen LogP contribution in [0.25, 0.3) is 22.7 Å². The second-order valence-corrected chi connectivity index (χ2v) is 6.68. The summed E-state index contributed by atoms with van der Waals surface area (Å²) in [6.07, 6.45) is 6.08. The Kier molecular flexibility index (Phi) is 4.61. The van der Waals surface area contributed by atoms with Crippen LogP contribution in [-0.4, -0.2) is 31.0 Å². The fourth-order valence-corrected chi connectivity index (χ4v) is 3.33. The van der Waals surface area contributed by atoms with E-state index in [9.17, 15) is 4.79 Å². The van der Waals surface area contributed by atoms with Crippen LogP contribution < -0.4 is 5.32 Å². The minimum atomic E-state index is -0.487. The summed E-state index contributed by atoms with van der Waals surface area (Å²) in [4.78, 5) is 29.3. The van der Waals surface area contributed by atoms with Gasteiger partial charge in [0.25, 0.3) is 5.91 Å². The van der Waals surface area contributed by atoms with Gasteiger partial charge in [-0.05, 0) is 18.6 Å². The van der Waals surface area contributed by atoms with Crippen molar-refractivity contribution in [1.82, 2.24) is 25.1 Å². The highest BCUT2D eigenvalue weighted by Gasteiger charge is 2.24. The lowest BCUT2D eigenvalue weighted by Crippen LogP contribution is -2.12. The highest BCUT2D eigenvalue weighted by atomic mass is 35.5. The van der Waals surface area contributed by atoms with E-state index in [0.717, 1.165) is 11.3 Å². The Balaban J connectivity index is 1.61. The predicted octanol–water partition coefficient (Wildman–Crippen LogP) is 3.86. The van der Waals surface area contributed by atoms with Gasteiger partial charge in [-0.15, -0.1) is 11.3 Å². The number of aryl methyl sites for hydroxylation is 1. The smallest absolute Gasteiger partial charge is 0.264 e. The maximum absolute atomic E-state index is 12.7. The zero-order valence-electron chi connectivity index (χ0n) is 13.9. The lowest BCUT2D eigenvalue weighted by Gasteiger charge is -2.02. The summed E-state index contributed by atoms with van der Waals surface area (Å²) < 4.78 is 5.18. The molecule has 0 bridgehead atoms. The number of halogens is 1. The number of nitrogens with zero attached hydrogens (tertiary/aromatic N) is 5. The van der Waals surface area contributed by atoms with E-state index in [1.54, 1.807) is 6.20 Å². The second kappa shape index (κ2) is 7.22. The van der Waals surface area contributed by atoms with Crippen LogP contribution in [0.4, 0.5) is 5.13 Å². The lowest BCUT2D eigenvalue weighted by atomic mass is 10.1. The Morgan fingerprint density at radius 2 is 2.11 bits per heavy atom. The van der Waals surface area contributed by atoms with Crippen molar-refractivity contribution >= 4 is 34.0 Å². The largest absolute Gasteiger partial charge is 0.354 e. The molecule has 8 nitrogen and oxygen atoms in total. The molecule has 134 valence electrons. The zero-order valence-corrected chi connectivity index (χ0v) is 15.5. The van der Waals surface area contributed by atoms with Crippen molar-refractivity contribution in [3.05, 3.63) is 58.7 Å². The minimum Gasteiger partial charge on any atom is -0.354 e. The number of hydrogen-bond donors (Lipinski definition) is 1. The molecule has 0 atom stereocenters. The van der Waals surface area contributed by atoms with Gasteiger partial charge in [-0.25, -0.2) is 15.0 Å². The molecule has 0 unspecified atom stereocenters. The predicted molar refractivity (Wildman–Crippen MR) is 101 cm³/mol. The molecule has 0 spiro atoms. The number of anilines is 1. The summed E-state index contributed by atoms with van der Waals surface area (Å²) in [6.45, 7) is 1.95. The fourth-order valence-electron chi connectivity index (χ4n) is 2.43. The highest BCUT2D eigenvalue weighted by Crippen LogP contribution is 2.30. The van der Waals surface area contributed by atoms with Crippen molar-refractivity contribution in [2.24, 2.45) is 0 Å². The highest BCUT2D eigenvalue weighted by molar-refractivity contribution is 7.14. The first-order valence-corrected chi connectivity index (χ1v) is 8.98. The van der Waals surface area contributed by atoms with E-state index >= 15 is 0 Å². The Morgan fingerprint density at radius 3 is 2.89 bits per heavy atom. The van der Waals surface area contributed by atoms with Gasteiger partial charge in [0, 0.05) is 24.0 Å². The fraction of sp³-hybridized carbons (Fsp3) is 0.0588. The standard InChI is InChI=1S/C17H11ClN6O2S/c1-9-3-2-4-21-13(9)11-7-27-17(22-11)23-16(25)12-14(26-24-15(12)18)10-5-19-8-20-6-10/h2-8H,1H3,(H,22,23,25). The van der Waals surface area contributed by atoms with Gasteiger partial charge in [0.05, 0.1) is 11.3 Å². The van der Waals surface area contributed by atoms with Crippen LogP contribution in [0.5, 0.6) is 0 Å². The minimum absolute atomic E-state index is 0.0521. The molecule has 27 heavy (non-hydrogen) atoms. The van der Waals surface area contributed by atoms with Gasteiger partial charge < -0.3 is 4.52 Å². The molecule has 0 saturated carbocycles. The van der Waals surface area contributed by atoms with Crippen LogP contribution in [0.3, 0.4) is 0 Å². The Hall–Kier alpha value is -3.17. The molecule has 1 amide bonds. The molecule has 0 radical (unpaired) electrons. The molecule has 0 saturated heterocycles. The van der Waals surface area contributed by atoms with Crippen molar-refractivity contribution < 1.29 is 9.32 Å². The second-order valence-electron chi connectivity index (χ2n) is 5.47. The first kappa shape index (κ1) is 17.3. The number of nitrogens with one attached hydrogen (secondary N) is 1. The van der Waals surface area contributed by atoms with Crippen LogP contribution in [0.2, 0.25) is 5.15 Å². The van der Waals surface area contributed by atoms with Crippen LogP contribution in [0.1, 0.15) is 15.9 Å². The van der Waals surface area contributed by atoms with Crippen LogP contribution >= 0.6 is 22.9 Å². The maximum atomic E-state index is 12.7. The van der Waals surface area contributed by atoms with Gasteiger partial charge in [-0.1, -0.05) is 22.8 Å².